The van der Waals surface area contributed by atoms with Gasteiger partial charge in [0.05, 0.1) is 19.1 Å². The van der Waals surface area contributed by atoms with Gasteiger partial charge in [-0.25, -0.2) is 0 Å². The number of methoxy groups -OCH3 is 1. The Balaban J connectivity index is 1.38. The third-order valence-electron chi connectivity index (χ3n) is 6.15. The second-order valence-electron chi connectivity index (χ2n) is 8.14. The molecule has 1 saturated heterocycles. The Morgan fingerprint density at radius 1 is 1.10 bits per heavy atom. The SMILES string of the molecule is COc1ccccc1OCC(=O)N1CCC2(CC1)CC(=O)c1cc(C)c(C)cc1O2. The number of ketones is 1. The number of nitrogens with zero attached hydrogens (tertiary/aromatic N) is 1. The smallest absolute Gasteiger partial charge is 0.260 e. The number of carbonyl (C=O) groups is 2. The fourth-order valence-electron chi connectivity index (χ4n) is 4.16. The molecule has 4 rings (SSSR count). The predicted molar refractivity (Wildman–Crippen MR) is 113 cm³/mol. The number of likely N-dealkylation sites (tertiary alicyclic amines) is 1. The van der Waals surface area contributed by atoms with Gasteiger partial charge in [-0.1, -0.05) is 12.1 Å². The van der Waals surface area contributed by atoms with E-state index in [9.17, 15) is 9.59 Å². The molecule has 2 aliphatic rings. The van der Waals surface area contributed by atoms with Crippen molar-refractivity contribution in [2.75, 3.05) is 26.8 Å². The highest BCUT2D eigenvalue weighted by molar-refractivity contribution is 6.00. The summed E-state index contributed by atoms with van der Waals surface area (Å²) in [6.45, 7) is 5.07. The van der Waals surface area contributed by atoms with E-state index in [1.54, 1.807) is 24.1 Å². The fourth-order valence-corrected chi connectivity index (χ4v) is 4.16. The molecule has 158 valence electrons. The maximum absolute atomic E-state index is 12.8. The van der Waals surface area contributed by atoms with Crippen molar-refractivity contribution in [3.05, 3.63) is 53.1 Å². The number of amides is 1. The number of aryl methyl sites for hydroxylation is 2. The second-order valence-corrected chi connectivity index (χ2v) is 8.14. The van der Waals surface area contributed by atoms with Crippen molar-refractivity contribution in [2.45, 2.75) is 38.7 Å². The van der Waals surface area contributed by atoms with E-state index in [0.29, 0.717) is 55.2 Å². The minimum atomic E-state index is -0.522. The van der Waals surface area contributed by atoms with Crippen LogP contribution in [0, 0.1) is 13.8 Å². The maximum atomic E-state index is 12.8. The molecule has 0 atom stereocenters. The van der Waals surface area contributed by atoms with Crippen molar-refractivity contribution < 1.29 is 23.8 Å². The van der Waals surface area contributed by atoms with Crippen LogP contribution >= 0.6 is 0 Å². The fraction of sp³-hybridized carbons (Fsp3) is 0.417. The number of ether oxygens (including phenoxy) is 3. The summed E-state index contributed by atoms with van der Waals surface area (Å²) in [7, 11) is 1.57. The van der Waals surface area contributed by atoms with Crippen LogP contribution in [0.1, 0.15) is 40.7 Å². The molecule has 0 saturated carbocycles. The number of fused-ring (bicyclic) bond motifs is 1. The van der Waals surface area contributed by atoms with Crippen LogP contribution in [0.5, 0.6) is 17.2 Å². The first-order chi connectivity index (χ1) is 14.4. The lowest BCUT2D eigenvalue weighted by atomic mass is 9.82. The van der Waals surface area contributed by atoms with Gasteiger partial charge in [-0.15, -0.1) is 0 Å². The van der Waals surface area contributed by atoms with Crippen LogP contribution in [-0.2, 0) is 4.79 Å². The van der Waals surface area contributed by atoms with Crippen LogP contribution in [-0.4, -0.2) is 49.0 Å². The summed E-state index contributed by atoms with van der Waals surface area (Å²) >= 11 is 0. The Hall–Kier alpha value is -3.02. The maximum Gasteiger partial charge on any atom is 0.260 e. The van der Waals surface area contributed by atoms with E-state index in [0.717, 1.165) is 11.1 Å². The van der Waals surface area contributed by atoms with Crippen molar-refractivity contribution in [1.29, 1.82) is 0 Å². The van der Waals surface area contributed by atoms with Gasteiger partial charge in [-0.3, -0.25) is 9.59 Å². The molecule has 2 aromatic carbocycles. The molecule has 0 aromatic heterocycles. The Labute approximate surface area is 176 Å². The van der Waals surface area contributed by atoms with E-state index in [2.05, 4.69) is 0 Å². The van der Waals surface area contributed by atoms with Gasteiger partial charge in [0, 0.05) is 25.9 Å². The van der Waals surface area contributed by atoms with Crippen molar-refractivity contribution >= 4 is 11.7 Å². The van der Waals surface area contributed by atoms with Gasteiger partial charge >= 0.3 is 0 Å². The quantitative estimate of drug-likeness (QED) is 0.770. The minimum Gasteiger partial charge on any atom is -0.493 e. The molecule has 1 fully saturated rings. The van der Waals surface area contributed by atoms with Gasteiger partial charge in [0.25, 0.3) is 5.91 Å². The molecule has 1 amide bonds. The van der Waals surface area contributed by atoms with Crippen molar-refractivity contribution in [3.8, 4) is 17.2 Å². The monoisotopic (exact) mass is 409 g/mol. The topological polar surface area (TPSA) is 65.1 Å². The van der Waals surface area contributed by atoms with Crippen LogP contribution in [0.25, 0.3) is 0 Å². The number of hydrogen-bond donors (Lipinski definition) is 0. The van der Waals surface area contributed by atoms with Crippen LogP contribution in [0.4, 0.5) is 0 Å². The van der Waals surface area contributed by atoms with Gasteiger partial charge in [0.15, 0.2) is 23.9 Å². The third-order valence-corrected chi connectivity index (χ3v) is 6.15. The zero-order valence-corrected chi connectivity index (χ0v) is 17.7. The molecule has 1 spiro atoms. The Morgan fingerprint density at radius 2 is 1.77 bits per heavy atom. The van der Waals surface area contributed by atoms with Crippen molar-refractivity contribution in [1.82, 2.24) is 4.90 Å². The van der Waals surface area contributed by atoms with Crippen LogP contribution in [0.3, 0.4) is 0 Å². The molecule has 6 nitrogen and oxygen atoms in total. The van der Waals surface area contributed by atoms with E-state index in [1.165, 1.54) is 0 Å². The molecule has 0 radical (unpaired) electrons. The normalized spacial score (nSPS) is 17.3. The number of para-hydroxylation sites is 2. The molecule has 0 unspecified atom stereocenters. The van der Waals surface area contributed by atoms with Crippen molar-refractivity contribution in [3.63, 3.8) is 0 Å². The van der Waals surface area contributed by atoms with Gasteiger partial charge in [-0.05, 0) is 49.2 Å². The standard InChI is InChI=1S/C24H27NO5/c1-16-12-18-19(26)14-24(30-22(18)13-17(16)2)8-10-25(11-9-24)23(27)15-29-21-7-5-4-6-20(21)28-3/h4-7,12-13H,8-11,14-15H2,1-3H3. The molecule has 0 N–H and O–H groups in total. The lowest BCUT2D eigenvalue weighted by Crippen LogP contribution is -2.53. The van der Waals surface area contributed by atoms with Gasteiger partial charge in [0.1, 0.15) is 11.4 Å². The molecule has 2 aromatic rings. The highest BCUT2D eigenvalue weighted by atomic mass is 16.5. The summed E-state index contributed by atoms with van der Waals surface area (Å²) in [6.07, 6.45) is 1.62. The average molecular weight is 409 g/mol. The molecule has 0 aliphatic carbocycles. The van der Waals surface area contributed by atoms with Gasteiger partial charge < -0.3 is 19.1 Å². The third kappa shape index (κ3) is 3.86. The van der Waals surface area contributed by atoms with Crippen LogP contribution in [0.15, 0.2) is 36.4 Å². The van der Waals surface area contributed by atoms with Crippen LogP contribution in [0.2, 0.25) is 0 Å². The van der Waals surface area contributed by atoms with E-state index in [1.807, 2.05) is 38.1 Å². The molecule has 0 bridgehead atoms. The average Bonchev–Trinajstić information content (AvgIpc) is 2.74. The van der Waals surface area contributed by atoms with Gasteiger partial charge in [0.2, 0.25) is 0 Å². The molecule has 2 heterocycles. The minimum absolute atomic E-state index is 0.0472. The summed E-state index contributed by atoms with van der Waals surface area (Å²) in [5.41, 5.74) is 2.36. The van der Waals surface area contributed by atoms with Gasteiger partial charge in [-0.2, -0.15) is 0 Å². The Bertz CT molecular complexity index is 976. The lowest BCUT2D eigenvalue weighted by Gasteiger charge is -2.44. The summed E-state index contributed by atoms with van der Waals surface area (Å²) in [5.74, 6) is 1.86. The van der Waals surface area contributed by atoms with Crippen LogP contribution < -0.4 is 14.2 Å². The number of carbonyl (C=O) groups excluding carboxylic acids is 2. The molecular weight excluding hydrogens is 382 g/mol. The molecular formula is C24H27NO5. The summed E-state index contributed by atoms with van der Waals surface area (Å²) in [5, 5.41) is 0. The van der Waals surface area contributed by atoms with Crippen molar-refractivity contribution in [2.24, 2.45) is 0 Å². The number of hydrogen-bond acceptors (Lipinski definition) is 5. The first-order valence-corrected chi connectivity index (χ1v) is 10.3. The molecule has 2 aliphatic heterocycles. The zero-order chi connectivity index (χ0) is 21.3. The summed E-state index contributed by atoms with van der Waals surface area (Å²) in [6, 6.07) is 11.1. The zero-order valence-electron chi connectivity index (χ0n) is 17.7. The number of benzene rings is 2. The van der Waals surface area contributed by atoms with E-state index < -0.39 is 5.60 Å². The first kappa shape index (κ1) is 20.3. The highest BCUT2D eigenvalue weighted by Gasteiger charge is 2.43. The largest absolute Gasteiger partial charge is 0.493 e. The first-order valence-electron chi connectivity index (χ1n) is 10.3. The number of rotatable bonds is 4. The molecule has 30 heavy (non-hydrogen) atoms. The predicted octanol–water partition coefficient (Wildman–Crippen LogP) is 3.72. The summed E-state index contributed by atoms with van der Waals surface area (Å²) < 4.78 is 17.3. The Kier molecular flexibility index (Phi) is 5.41. The number of piperidine rings is 1. The van der Waals surface area contributed by atoms with E-state index in [-0.39, 0.29) is 18.3 Å². The van der Waals surface area contributed by atoms with E-state index >= 15 is 0 Å². The highest BCUT2D eigenvalue weighted by Crippen LogP contribution is 2.40. The van der Waals surface area contributed by atoms with E-state index in [4.69, 9.17) is 14.2 Å². The Morgan fingerprint density at radius 3 is 2.47 bits per heavy atom. The second kappa shape index (κ2) is 8.01. The summed E-state index contributed by atoms with van der Waals surface area (Å²) in [4.78, 5) is 27.2. The molecule has 6 heteroatoms. The number of Topliss-reactive ketones (excluding diaryl/α,β-unsaturated/α-hetero) is 1. The lowest BCUT2D eigenvalue weighted by molar-refractivity contribution is -0.136.